The average Bonchev–Trinajstić information content (AvgIpc) is 2.25. The van der Waals surface area contributed by atoms with E-state index in [0.29, 0.717) is 5.56 Å². The number of carbonyl (C=O) groups is 1. The Balaban J connectivity index is 2.10. The molecule has 1 saturated heterocycles. The standard InChI is InChI=1S/C12H17N3O3S/c1-9(14-12(16)15-6-3-7-15)10-4-2-5-11(8-10)19(13,17)18/h2,4-5,8-9H,3,6-7H2,1H3,(H,14,16)(H2,13,17,18)/t9-/m1/s1. The zero-order chi connectivity index (χ0) is 14.0. The van der Waals surface area contributed by atoms with Gasteiger partial charge in [-0.05, 0) is 31.0 Å². The molecule has 1 heterocycles. The van der Waals surface area contributed by atoms with Crippen LogP contribution in [-0.2, 0) is 10.0 Å². The van der Waals surface area contributed by atoms with E-state index in [1.807, 2.05) is 0 Å². The lowest BCUT2D eigenvalue weighted by Crippen LogP contribution is -2.48. The van der Waals surface area contributed by atoms with E-state index in [0.717, 1.165) is 19.5 Å². The van der Waals surface area contributed by atoms with Crippen molar-refractivity contribution < 1.29 is 13.2 Å². The van der Waals surface area contributed by atoms with Crippen LogP contribution >= 0.6 is 0 Å². The van der Waals surface area contributed by atoms with Gasteiger partial charge in [0, 0.05) is 13.1 Å². The summed E-state index contributed by atoms with van der Waals surface area (Å²) in [4.78, 5) is 13.5. The van der Waals surface area contributed by atoms with Crippen LogP contribution in [0.25, 0.3) is 0 Å². The lowest BCUT2D eigenvalue weighted by molar-refractivity contribution is 0.164. The molecule has 6 nitrogen and oxygen atoms in total. The van der Waals surface area contributed by atoms with Gasteiger partial charge >= 0.3 is 6.03 Å². The second-order valence-electron chi connectivity index (χ2n) is 4.63. The molecule has 0 bridgehead atoms. The molecule has 3 N–H and O–H groups in total. The van der Waals surface area contributed by atoms with Crippen LogP contribution in [0.1, 0.15) is 24.9 Å². The van der Waals surface area contributed by atoms with Gasteiger partial charge < -0.3 is 10.2 Å². The second kappa shape index (κ2) is 5.18. The summed E-state index contributed by atoms with van der Waals surface area (Å²) in [6.07, 6.45) is 1.03. The molecule has 2 rings (SSSR count). The lowest BCUT2D eigenvalue weighted by Gasteiger charge is -2.32. The van der Waals surface area contributed by atoms with Gasteiger partial charge in [-0.25, -0.2) is 18.4 Å². The SMILES string of the molecule is C[C@@H](NC(=O)N1CCC1)c1cccc(S(N)(=O)=O)c1. The number of sulfonamides is 1. The molecule has 1 aromatic rings. The summed E-state index contributed by atoms with van der Waals surface area (Å²) < 4.78 is 22.6. The van der Waals surface area contributed by atoms with Crippen LogP contribution < -0.4 is 10.5 Å². The smallest absolute Gasteiger partial charge is 0.317 e. The van der Waals surface area contributed by atoms with E-state index in [-0.39, 0.29) is 17.0 Å². The highest BCUT2D eigenvalue weighted by atomic mass is 32.2. The summed E-state index contributed by atoms with van der Waals surface area (Å²) in [6.45, 7) is 3.35. The summed E-state index contributed by atoms with van der Waals surface area (Å²) in [6, 6.07) is 5.89. The molecule has 0 unspecified atom stereocenters. The molecule has 1 aliphatic rings. The number of hydrogen-bond donors (Lipinski definition) is 2. The number of likely N-dealkylation sites (tertiary alicyclic amines) is 1. The molecule has 0 aromatic heterocycles. The topological polar surface area (TPSA) is 92.5 Å². The Morgan fingerprint density at radius 2 is 2.11 bits per heavy atom. The van der Waals surface area contributed by atoms with Crippen molar-refractivity contribution in [1.82, 2.24) is 10.2 Å². The first-order valence-electron chi connectivity index (χ1n) is 6.06. The molecule has 2 amide bonds. The summed E-state index contributed by atoms with van der Waals surface area (Å²) in [5, 5.41) is 7.91. The van der Waals surface area contributed by atoms with E-state index in [1.54, 1.807) is 24.0 Å². The Morgan fingerprint density at radius 1 is 1.42 bits per heavy atom. The van der Waals surface area contributed by atoms with Crippen molar-refractivity contribution in [2.45, 2.75) is 24.3 Å². The van der Waals surface area contributed by atoms with Crippen molar-refractivity contribution in [2.24, 2.45) is 5.14 Å². The van der Waals surface area contributed by atoms with Crippen molar-refractivity contribution in [3.05, 3.63) is 29.8 Å². The number of hydrogen-bond acceptors (Lipinski definition) is 3. The van der Waals surface area contributed by atoms with E-state index >= 15 is 0 Å². The van der Waals surface area contributed by atoms with E-state index in [1.165, 1.54) is 12.1 Å². The Morgan fingerprint density at radius 3 is 2.63 bits per heavy atom. The molecule has 0 aliphatic carbocycles. The first-order valence-corrected chi connectivity index (χ1v) is 7.61. The minimum absolute atomic E-state index is 0.0510. The van der Waals surface area contributed by atoms with E-state index in [4.69, 9.17) is 5.14 Å². The third-order valence-corrected chi connectivity index (χ3v) is 4.08. The number of nitrogens with two attached hydrogens (primary N) is 1. The zero-order valence-electron chi connectivity index (χ0n) is 10.7. The van der Waals surface area contributed by atoms with Gasteiger partial charge in [0.05, 0.1) is 10.9 Å². The molecule has 1 aromatic carbocycles. The third kappa shape index (κ3) is 3.24. The van der Waals surface area contributed by atoms with Crippen molar-refractivity contribution in [3.63, 3.8) is 0 Å². The number of rotatable bonds is 3. The van der Waals surface area contributed by atoms with Crippen molar-refractivity contribution in [2.75, 3.05) is 13.1 Å². The van der Waals surface area contributed by atoms with Gasteiger partial charge in [-0.3, -0.25) is 0 Å². The van der Waals surface area contributed by atoms with Crippen molar-refractivity contribution >= 4 is 16.1 Å². The van der Waals surface area contributed by atoms with Crippen LogP contribution in [0.4, 0.5) is 4.79 Å². The fraction of sp³-hybridized carbons (Fsp3) is 0.417. The molecule has 1 atom stereocenters. The van der Waals surface area contributed by atoms with Crippen LogP contribution in [0.15, 0.2) is 29.2 Å². The molecule has 1 aliphatic heterocycles. The normalized spacial score (nSPS) is 16.6. The quantitative estimate of drug-likeness (QED) is 0.859. The Bertz CT molecular complexity index is 582. The van der Waals surface area contributed by atoms with Gasteiger partial charge in [-0.15, -0.1) is 0 Å². The number of nitrogens with zero attached hydrogens (tertiary/aromatic N) is 1. The first kappa shape index (κ1) is 13.8. The molecule has 1 fully saturated rings. The maximum Gasteiger partial charge on any atom is 0.317 e. The molecular formula is C12H17N3O3S. The van der Waals surface area contributed by atoms with Gasteiger partial charge in [0.15, 0.2) is 0 Å². The predicted octanol–water partition coefficient (Wildman–Crippen LogP) is 0.810. The molecule has 0 spiro atoms. The summed E-state index contributed by atoms with van der Waals surface area (Å²) >= 11 is 0. The Hall–Kier alpha value is -1.60. The number of urea groups is 1. The predicted molar refractivity (Wildman–Crippen MR) is 71.0 cm³/mol. The Labute approximate surface area is 112 Å². The molecule has 0 radical (unpaired) electrons. The van der Waals surface area contributed by atoms with Crippen LogP contribution in [0.3, 0.4) is 0 Å². The van der Waals surface area contributed by atoms with Crippen LogP contribution in [0.2, 0.25) is 0 Å². The first-order chi connectivity index (χ1) is 8.88. The fourth-order valence-corrected chi connectivity index (χ4v) is 2.41. The van der Waals surface area contributed by atoms with E-state index in [9.17, 15) is 13.2 Å². The van der Waals surface area contributed by atoms with Gasteiger partial charge in [-0.1, -0.05) is 12.1 Å². The number of benzene rings is 1. The van der Waals surface area contributed by atoms with Crippen LogP contribution in [-0.4, -0.2) is 32.4 Å². The fourth-order valence-electron chi connectivity index (χ4n) is 1.84. The van der Waals surface area contributed by atoms with Crippen LogP contribution in [0.5, 0.6) is 0 Å². The van der Waals surface area contributed by atoms with Crippen LogP contribution in [0, 0.1) is 0 Å². The minimum atomic E-state index is -3.72. The molecule has 7 heteroatoms. The molecule has 0 saturated carbocycles. The monoisotopic (exact) mass is 283 g/mol. The minimum Gasteiger partial charge on any atom is -0.331 e. The van der Waals surface area contributed by atoms with Gasteiger partial charge in [-0.2, -0.15) is 0 Å². The number of amides is 2. The maximum absolute atomic E-state index is 11.8. The molecule has 104 valence electrons. The maximum atomic E-state index is 11.8. The lowest BCUT2D eigenvalue weighted by atomic mass is 10.1. The summed E-state index contributed by atoms with van der Waals surface area (Å²) in [5.74, 6) is 0. The Kier molecular flexibility index (Phi) is 3.77. The van der Waals surface area contributed by atoms with Gasteiger partial charge in [0.25, 0.3) is 0 Å². The average molecular weight is 283 g/mol. The number of nitrogens with one attached hydrogen (secondary N) is 1. The highest BCUT2D eigenvalue weighted by molar-refractivity contribution is 7.89. The second-order valence-corrected chi connectivity index (χ2v) is 6.19. The number of carbonyl (C=O) groups excluding carboxylic acids is 1. The third-order valence-electron chi connectivity index (χ3n) is 3.17. The number of primary sulfonamides is 1. The summed E-state index contributed by atoms with van der Waals surface area (Å²) in [5.41, 5.74) is 0.709. The highest BCUT2D eigenvalue weighted by Crippen LogP contribution is 2.17. The molecular weight excluding hydrogens is 266 g/mol. The van der Waals surface area contributed by atoms with Gasteiger partial charge in [0.1, 0.15) is 0 Å². The van der Waals surface area contributed by atoms with Crippen molar-refractivity contribution in [1.29, 1.82) is 0 Å². The molecule has 19 heavy (non-hydrogen) atoms. The van der Waals surface area contributed by atoms with Gasteiger partial charge in [0.2, 0.25) is 10.0 Å². The highest BCUT2D eigenvalue weighted by Gasteiger charge is 2.22. The van der Waals surface area contributed by atoms with E-state index < -0.39 is 10.0 Å². The van der Waals surface area contributed by atoms with Crippen molar-refractivity contribution in [3.8, 4) is 0 Å². The summed E-state index contributed by atoms with van der Waals surface area (Å²) in [7, 11) is -3.72. The zero-order valence-corrected chi connectivity index (χ0v) is 11.5. The largest absolute Gasteiger partial charge is 0.331 e. The van der Waals surface area contributed by atoms with E-state index in [2.05, 4.69) is 5.32 Å².